The van der Waals surface area contributed by atoms with Crippen LogP contribution in [0.2, 0.25) is 10.0 Å². The van der Waals surface area contributed by atoms with Gasteiger partial charge < -0.3 is 5.32 Å². The fraction of sp³-hybridized carbons (Fsp3) is 0.600. The molecular weight excluding hydrogens is 265 g/mol. The Labute approximate surface area is 120 Å². The SMILES string of the molecule is CCC(C)C(CNC1CC1)c1ccc(Cl)c(Cl)c1. The molecule has 3 heteroatoms. The zero-order valence-electron chi connectivity index (χ0n) is 11.0. The molecule has 1 nitrogen and oxygen atoms in total. The normalized spacial score (nSPS) is 18.7. The first-order valence-corrected chi connectivity index (χ1v) is 7.55. The molecule has 2 atom stereocenters. The lowest BCUT2D eigenvalue weighted by molar-refractivity contribution is 0.419. The lowest BCUT2D eigenvalue weighted by atomic mass is 9.85. The van der Waals surface area contributed by atoms with E-state index in [2.05, 4.69) is 25.2 Å². The summed E-state index contributed by atoms with van der Waals surface area (Å²) in [6, 6.07) is 6.79. The van der Waals surface area contributed by atoms with Gasteiger partial charge in [0.15, 0.2) is 0 Å². The Balaban J connectivity index is 2.11. The third-order valence-corrected chi connectivity index (χ3v) is 4.65. The average molecular weight is 286 g/mol. The standard InChI is InChI=1S/C15H21Cl2N/c1-3-10(2)13(9-18-12-5-6-12)11-4-7-14(16)15(17)8-11/h4,7-8,10,12-13,18H,3,5-6,9H2,1-2H3. The number of nitrogens with one attached hydrogen (secondary N) is 1. The molecule has 18 heavy (non-hydrogen) atoms. The van der Waals surface area contributed by atoms with Gasteiger partial charge in [0, 0.05) is 12.6 Å². The van der Waals surface area contributed by atoms with E-state index in [0.29, 0.717) is 21.9 Å². The Morgan fingerprint density at radius 1 is 1.28 bits per heavy atom. The second-order valence-corrected chi connectivity index (χ2v) is 6.16. The molecule has 2 rings (SSSR count). The first-order chi connectivity index (χ1) is 8.61. The van der Waals surface area contributed by atoms with Crippen molar-refractivity contribution >= 4 is 23.2 Å². The van der Waals surface area contributed by atoms with Gasteiger partial charge in [0.25, 0.3) is 0 Å². The molecular formula is C15H21Cl2N. The predicted molar refractivity (Wildman–Crippen MR) is 79.7 cm³/mol. The number of halogens is 2. The minimum Gasteiger partial charge on any atom is -0.313 e. The number of hydrogen-bond acceptors (Lipinski definition) is 1. The minimum atomic E-state index is 0.519. The van der Waals surface area contributed by atoms with E-state index in [1.165, 1.54) is 24.8 Å². The minimum absolute atomic E-state index is 0.519. The smallest absolute Gasteiger partial charge is 0.0595 e. The van der Waals surface area contributed by atoms with Crippen LogP contribution in [0.15, 0.2) is 18.2 Å². The monoisotopic (exact) mass is 285 g/mol. The molecule has 0 bridgehead atoms. The van der Waals surface area contributed by atoms with Crippen LogP contribution in [-0.4, -0.2) is 12.6 Å². The summed E-state index contributed by atoms with van der Waals surface area (Å²) in [6.45, 7) is 5.59. The van der Waals surface area contributed by atoms with Gasteiger partial charge in [-0.25, -0.2) is 0 Å². The molecule has 0 aromatic heterocycles. The fourth-order valence-corrected chi connectivity index (χ4v) is 2.56. The molecule has 1 fully saturated rings. The first-order valence-electron chi connectivity index (χ1n) is 6.80. The van der Waals surface area contributed by atoms with Crippen LogP contribution < -0.4 is 5.32 Å². The average Bonchev–Trinajstić information content (AvgIpc) is 3.17. The summed E-state index contributed by atoms with van der Waals surface area (Å²) in [5.41, 5.74) is 1.30. The molecule has 0 amide bonds. The lowest BCUT2D eigenvalue weighted by Gasteiger charge is -2.24. The summed E-state index contributed by atoms with van der Waals surface area (Å²) < 4.78 is 0. The van der Waals surface area contributed by atoms with Crippen molar-refractivity contribution in [1.29, 1.82) is 0 Å². The number of benzene rings is 1. The maximum atomic E-state index is 6.13. The summed E-state index contributed by atoms with van der Waals surface area (Å²) >= 11 is 12.1. The van der Waals surface area contributed by atoms with E-state index in [4.69, 9.17) is 23.2 Å². The van der Waals surface area contributed by atoms with Gasteiger partial charge in [-0.3, -0.25) is 0 Å². The van der Waals surface area contributed by atoms with Crippen LogP contribution in [0, 0.1) is 5.92 Å². The van der Waals surface area contributed by atoms with Crippen LogP contribution in [0.5, 0.6) is 0 Å². The van der Waals surface area contributed by atoms with Gasteiger partial charge in [-0.15, -0.1) is 0 Å². The Bertz CT molecular complexity index is 401. The topological polar surface area (TPSA) is 12.0 Å². The van der Waals surface area contributed by atoms with Gasteiger partial charge in [0.05, 0.1) is 10.0 Å². The Morgan fingerprint density at radius 3 is 2.56 bits per heavy atom. The van der Waals surface area contributed by atoms with Crippen molar-refractivity contribution in [1.82, 2.24) is 5.32 Å². The van der Waals surface area contributed by atoms with Gasteiger partial charge in [-0.2, -0.15) is 0 Å². The van der Waals surface area contributed by atoms with Crippen molar-refractivity contribution in [3.05, 3.63) is 33.8 Å². The Hall–Kier alpha value is -0.240. The zero-order valence-corrected chi connectivity index (χ0v) is 12.6. The van der Waals surface area contributed by atoms with Crippen molar-refractivity contribution in [2.24, 2.45) is 5.92 Å². The van der Waals surface area contributed by atoms with E-state index < -0.39 is 0 Å². The van der Waals surface area contributed by atoms with Crippen LogP contribution >= 0.6 is 23.2 Å². The molecule has 2 unspecified atom stereocenters. The van der Waals surface area contributed by atoms with Crippen LogP contribution in [0.1, 0.15) is 44.6 Å². The van der Waals surface area contributed by atoms with Gasteiger partial charge in [-0.05, 0) is 42.4 Å². The summed E-state index contributed by atoms with van der Waals surface area (Å²) in [7, 11) is 0. The molecule has 0 spiro atoms. The van der Waals surface area contributed by atoms with Crippen LogP contribution in [-0.2, 0) is 0 Å². The van der Waals surface area contributed by atoms with E-state index in [1.54, 1.807) is 0 Å². The van der Waals surface area contributed by atoms with E-state index in [0.717, 1.165) is 12.6 Å². The molecule has 1 saturated carbocycles. The molecule has 0 saturated heterocycles. The molecule has 0 radical (unpaired) electrons. The van der Waals surface area contributed by atoms with E-state index >= 15 is 0 Å². The van der Waals surface area contributed by atoms with Crippen molar-refractivity contribution < 1.29 is 0 Å². The highest BCUT2D eigenvalue weighted by atomic mass is 35.5. The summed E-state index contributed by atoms with van der Waals surface area (Å²) in [4.78, 5) is 0. The van der Waals surface area contributed by atoms with E-state index in [9.17, 15) is 0 Å². The van der Waals surface area contributed by atoms with Gasteiger partial charge in [0.2, 0.25) is 0 Å². The largest absolute Gasteiger partial charge is 0.313 e. The van der Waals surface area contributed by atoms with Crippen molar-refractivity contribution in [2.45, 2.75) is 45.1 Å². The van der Waals surface area contributed by atoms with Crippen LogP contribution in [0.3, 0.4) is 0 Å². The van der Waals surface area contributed by atoms with Crippen molar-refractivity contribution in [2.75, 3.05) is 6.54 Å². The molecule has 1 aromatic rings. The third-order valence-electron chi connectivity index (χ3n) is 3.91. The Kier molecular flexibility index (Phi) is 4.94. The number of rotatable bonds is 6. The van der Waals surface area contributed by atoms with Crippen molar-refractivity contribution in [3.8, 4) is 0 Å². The fourth-order valence-electron chi connectivity index (χ4n) is 2.26. The molecule has 100 valence electrons. The molecule has 1 N–H and O–H groups in total. The molecule has 1 aliphatic rings. The highest BCUT2D eigenvalue weighted by Crippen LogP contribution is 2.32. The predicted octanol–water partition coefficient (Wildman–Crippen LogP) is 4.88. The van der Waals surface area contributed by atoms with Crippen LogP contribution in [0.4, 0.5) is 0 Å². The van der Waals surface area contributed by atoms with Crippen molar-refractivity contribution in [3.63, 3.8) is 0 Å². The number of hydrogen-bond donors (Lipinski definition) is 1. The first kappa shape index (κ1) is 14.2. The van der Waals surface area contributed by atoms with Gasteiger partial charge >= 0.3 is 0 Å². The quantitative estimate of drug-likeness (QED) is 0.786. The second-order valence-electron chi connectivity index (χ2n) is 5.35. The highest BCUT2D eigenvalue weighted by molar-refractivity contribution is 6.42. The second kappa shape index (κ2) is 6.27. The third kappa shape index (κ3) is 3.63. The maximum Gasteiger partial charge on any atom is 0.0595 e. The van der Waals surface area contributed by atoms with Gasteiger partial charge in [0.1, 0.15) is 0 Å². The summed E-state index contributed by atoms with van der Waals surface area (Å²) in [6.07, 6.45) is 3.83. The molecule has 1 aliphatic carbocycles. The Morgan fingerprint density at radius 2 is 2.00 bits per heavy atom. The molecule has 0 heterocycles. The van der Waals surface area contributed by atoms with E-state index in [-0.39, 0.29) is 0 Å². The zero-order chi connectivity index (χ0) is 13.1. The summed E-state index contributed by atoms with van der Waals surface area (Å²) in [5, 5.41) is 4.93. The molecule has 1 aromatic carbocycles. The van der Waals surface area contributed by atoms with Gasteiger partial charge in [-0.1, -0.05) is 49.5 Å². The summed E-state index contributed by atoms with van der Waals surface area (Å²) in [5.74, 6) is 1.17. The highest BCUT2D eigenvalue weighted by Gasteiger charge is 2.24. The van der Waals surface area contributed by atoms with Crippen LogP contribution in [0.25, 0.3) is 0 Å². The molecule has 0 aliphatic heterocycles. The lowest BCUT2D eigenvalue weighted by Crippen LogP contribution is -2.27. The maximum absolute atomic E-state index is 6.13. The van der Waals surface area contributed by atoms with E-state index in [1.807, 2.05) is 12.1 Å².